The number of carbonyl (C=O) groups is 2. The maximum atomic E-state index is 12.8. The van der Waals surface area contributed by atoms with Crippen molar-refractivity contribution in [2.75, 3.05) is 0 Å². The highest BCUT2D eigenvalue weighted by Crippen LogP contribution is 2.34. The molecule has 27 heavy (non-hydrogen) atoms. The van der Waals surface area contributed by atoms with Crippen molar-refractivity contribution in [3.8, 4) is 5.75 Å². The Balaban J connectivity index is 1.88. The van der Waals surface area contributed by atoms with Gasteiger partial charge in [0, 0.05) is 21.2 Å². The summed E-state index contributed by atoms with van der Waals surface area (Å²) < 4.78 is 6.79. The van der Waals surface area contributed by atoms with E-state index in [1.807, 2.05) is 43.3 Å². The first-order valence-electron chi connectivity index (χ1n) is 8.46. The van der Waals surface area contributed by atoms with Crippen LogP contribution < -0.4 is 15.8 Å². The van der Waals surface area contributed by atoms with Gasteiger partial charge in [0.25, 0.3) is 5.91 Å². The number of rotatable bonds is 6. The molecule has 0 aliphatic rings. The lowest BCUT2D eigenvalue weighted by atomic mass is 10.0. The van der Waals surface area contributed by atoms with Crippen LogP contribution in [0.15, 0.2) is 42.6 Å². The van der Waals surface area contributed by atoms with E-state index in [1.165, 1.54) is 11.3 Å². The zero-order valence-electron chi connectivity index (χ0n) is 15.4. The van der Waals surface area contributed by atoms with Crippen LogP contribution in [0.25, 0.3) is 10.1 Å². The summed E-state index contributed by atoms with van der Waals surface area (Å²) in [4.78, 5) is 29.4. The first-order chi connectivity index (χ1) is 12.8. The molecule has 3 rings (SSSR count). The molecule has 0 radical (unpaired) electrons. The number of hydrogen-bond acceptors (Lipinski definition) is 5. The Labute approximate surface area is 161 Å². The topological polar surface area (TPSA) is 94.3 Å². The van der Waals surface area contributed by atoms with E-state index in [0.717, 1.165) is 20.7 Å². The number of thiophene rings is 1. The maximum absolute atomic E-state index is 12.8. The van der Waals surface area contributed by atoms with Crippen molar-refractivity contribution in [1.82, 2.24) is 10.3 Å². The minimum absolute atomic E-state index is 0.329. The number of benzene rings is 1. The van der Waals surface area contributed by atoms with E-state index >= 15 is 0 Å². The molecule has 0 fully saturated rings. The molecule has 0 saturated carbocycles. The SMILES string of the molecule is Cc1sc2ccc(OCc3ccccn3)cc2c1C(=O)NC(C)(C)C(N)=O. The number of nitrogens with two attached hydrogens (primary N) is 1. The first-order valence-corrected chi connectivity index (χ1v) is 9.28. The van der Waals surface area contributed by atoms with E-state index in [1.54, 1.807) is 20.0 Å². The molecule has 140 valence electrons. The van der Waals surface area contributed by atoms with Gasteiger partial charge in [-0.15, -0.1) is 11.3 Å². The fraction of sp³-hybridized carbons (Fsp3) is 0.250. The van der Waals surface area contributed by atoms with Gasteiger partial charge in [-0.25, -0.2) is 0 Å². The summed E-state index contributed by atoms with van der Waals surface area (Å²) in [6, 6.07) is 11.3. The highest BCUT2D eigenvalue weighted by Gasteiger charge is 2.29. The zero-order chi connectivity index (χ0) is 19.6. The monoisotopic (exact) mass is 383 g/mol. The average Bonchev–Trinajstić information content (AvgIpc) is 2.95. The number of ether oxygens (including phenoxy) is 1. The Kier molecular flexibility index (Phi) is 5.14. The van der Waals surface area contributed by atoms with Crippen molar-refractivity contribution in [2.45, 2.75) is 32.9 Å². The lowest BCUT2D eigenvalue weighted by molar-refractivity contribution is -0.122. The second-order valence-corrected chi connectivity index (χ2v) is 8.00. The number of aromatic nitrogens is 1. The van der Waals surface area contributed by atoms with Gasteiger partial charge < -0.3 is 15.8 Å². The summed E-state index contributed by atoms with van der Waals surface area (Å²) in [5.74, 6) is -0.272. The van der Waals surface area contributed by atoms with Gasteiger partial charge in [-0.3, -0.25) is 14.6 Å². The Morgan fingerprint density at radius 2 is 2.04 bits per heavy atom. The first kappa shape index (κ1) is 18.8. The Morgan fingerprint density at radius 3 is 2.70 bits per heavy atom. The third kappa shape index (κ3) is 4.09. The van der Waals surface area contributed by atoms with E-state index in [-0.39, 0.29) is 5.91 Å². The largest absolute Gasteiger partial charge is 0.487 e. The van der Waals surface area contributed by atoms with Gasteiger partial charge in [-0.1, -0.05) is 6.07 Å². The molecule has 0 atom stereocenters. The van der Waals surface area contributed by atoms with Crippen molar-refractivity contribution in [3.05, 3.63) is 58.7 Å². The number of fused-ring (bicyclic) bond motifs is 1. The quantitative estimate of drug-likeness (QED) is 0.683. The molecule has 2 heterocycles. The second kappa shape index (κ2) is 7.36. The zero-order valence-corrected chi connectivity index (χ0v) is 16.2. The Bertz CT molecular complexity index is 996. The number of primary amides is 1. The predicted octanol–water partition coefficient (Wildman–Crippen LogP) is 3.18. The number of pyridine rings is 1. The molecule has 0 unspecified atom stereocenters. The standard InChI is InChI=1S/C20H21N3O3S/c1-12-17(18(24)23-20(2,3)19(21)25)15-10-14(7-8-16(15)27-12)26-11-13-6-4-5-9-22-13/h4-10H,11H2,1-3H3,(H2,21,25)(H,23,24). The minimum Gasteiger partial charge on any atom is -0.487 e. The van der Waals surface area contributed by atoms with Gasteiger partial charge in [0.2, 0.25) is 5.91 Å². The van der Waals surface area contributed by atoms with Crippen molar-refractivity contribution in [3.63, 3.8) is 0 Å². The third-order valence-electron chi connectivity index (χ3n) is 4.22. The number of hydrogen-bond donors (Lipinski definition) is 2. The second-order valence-electron chi connectivity index (χ2n) is 6.74. The van der Waals surface area contributed by atoms with Crippen LogP contribution in [0.1, 0.15) is 34.8 Å². The van der Waals surface area contributed by atoms with Crippen molar-refractivity contribution >= 4 is 33.2 Å². The summed E-state index contributed by atoms with van der Waals surface area (Å²) in [6.07, 6.45) is 1.72. The molecule has 0 bridgehead atoms. The van der Waals surface area contributed by atoms with E-state index in [9.17, 15) is 9.59 Å². The van der Waals surface area contributed by atoms with Crippen molar-refractivity contribution < 1.29 is 14.3 Å². The lowest BCUT2D eigenvalue weighted by Gasteiger charge is -2.22. The van der Waals surface area contributed by atoms with Crippen molar-refractivity contribution in [2.24, 2.45) is 5.73 Å². The molecule has 0 aliphatic carbocycles. The summed E-state index contributed by atoms with van der Waals surface area (Å²) in [6.45, 7) is 5.38. The fourth-order valence-electron chi connectivity index (χ4n) is 2.62. The number of aryl methyl sites for hydroxylation is 1. The number of carbonyl (C=O) groups excluding carboxylic acids is 2. The molecule has 3 N–H and O–H groups in total. The molecule has 7 heteroatoms. The molecule has 2 aromatic heterocycles. The third-order valence-corrected chi connectivity index (χ3v) is 5.30. The molecule has 1 aromatic carbocycles. The fourth-order valence-corrected chi connectivity index (χ4v) is 3.66. The average molecular weight is 383 g/mol. The van der Waals surface area contributed by atoms with E-state index in [4.69, 9.17) is 10.5 Å². The van der Waals surface area contributed by atoms with Gasteiger partial charge in [0.15, 0.2) is 0 Å². The molecular formula is C20H21N3O3S. The molecular weight excluding hydrogens is 362 g/mol. The summed E-state index contributed by atoms with van der Waals surface area (Å²) >= 11 is 1.52. The van der Waals surface area contributed by atoms with Crippen molar-refractivity contribution in [1.29, 1.82) is 0 Å². The van der Waals surface area contributed by atoms with Gasteiger partial charge in [0.05, 0.1) is 11.3 Å². The highest BCUT2D eigenvalue weighted by molar-refractivity contribution is 7.19. The van der Waals surface area contributed by atoms with Crippen LogP contribution in [-0.4, -0.2) is 22.3 Å². The number of amides is 2. The van der Waals surface area contributed by atoms with Gasteiger partial charge in [-0.05, 0) is 51.1 Å². The number of nitrogens with one attached hydrogen (secondary N) is 1. The Hall–Kier alpha value is -2.93. The smallest absolute Gasteiger partial charge is 0.253 e. The van der Waals surface area contributed by atoms with Gasteiger partial charge in [-0.2, -0.15) is 0 Å². The summed E-state index contributed by atoms with van der Waals surface area (Å²) in [5, 5.41) is 3.50. The summed E-state index contributed by atoms with van der Waals surface area (Å²) in [7, 11) is 0. The summed E-state index contributed by atoms with van der Waals surface area (Å²) in [5.41, 5.74) is 5.59. The van der Waals surface area contributed by atoms with Crippen LogP contribution in [0.5, 0.6) is 5.75 Å². The molecule has 2 amide bonds. The minimum atomic E-state index is -1.13. The van der Waals surface area contributed by atoms with Crippen LogP contribution in [0.2, 0.25) is 0 Å². The highest BCUT2D eigenvalue weighted by atomic mass is 32.1. The Morgan fingerprint density at radius 1 is 1.26 bits per heavy atom. The van der Waals surface area contributed by atoms with E-state index in [2.05, 4.69) is 10.3 Å². The van der Waals surface area contributed by atoms with E-state index < -0.39 is 11.4 Å². The van der Waals surface area contributed by atoms with E-state index in [0.29, 0.717) is 17.9 Å². The van der Waals surface area contributed by atoms with Gasteiger partial charge >= 0.3 is 0 Å². The number of nitrogens with zero attached hydrogens (tertiary/aromatic N) is 1. The van der Waals surface area contributed by atoms with Crippen LogP contribution in [0, 0.1) is 6.92 Å². The van der Waals surface area contributed by atoms with Crippen LogP contribution in [0.4, 0.5) is 0 Å². The van der Waals surface area contributed by atoms with Crippen LogP contribution in [0.3, 0.4) is 0 Å². The molecule has 0 aliphatic heterocycles. The lowest BCUT2D eigenvalue weighted by Crippen LogP contribution is -2.53. The van der Waals surface area contributed by atoms with Crippen LogP contribution in [-0.2, 0) is 11.4 Å². The molecule has 0 saturated heterocycles. The maximum Gasteiger partial charge on any atom is 0.253 e. The van der Waals surface area contributed by atoms with Crippen LogP contribution >= 0.6 is 11.3 Å². The molecule has 3 aromatic rings. The predicted molar refractivity (Wildman–Crippen MR) is 106 cm³/mol. The molecule has 6 nitrogen and oxygen atoms in total. The normalized spacial score (nSPS) is 11.4. The molecule has 0 spiro atoms. The van der Waals surface area contributed by atoms with Gasteiger partial charge in [0.1, 0.15) is 17.9 Å².